The summed E-state index contributed by atoms with van der Waals surface area (Å²) in [4.78, 5) is 0. The van der Waals surface area contributed by atoms with Crippen LogP contribution in [-0.2, 0) is 0 Å². The predicted octanol–water partition coefficient (Wildman–Crippen LogP) is 8.09. The van der Waals surface area contributed by atoms with Crippen LogP contribution < -0.4 is 0 Å². The van der Waals surface area contributed by atoms with Crippen molar-refractivity contribution in [2.75, 3.05) is 0 Å². The first-order valence-corrected chi connectivity index (χ1v) is 10.8. The molecule has 5 rings (SSSR count). The quantitative estimate of drug-likeness (QED) is 0.266. The second-order valence-corrected chi connectivity index (χ2v) is 7.72. The number of benzene rings is 5. The van der Waals surface area contributed by atoms with Gasteiger partial charge in [-0.05, 0) is 63.7 Å². The van der Waals surface area contributed by atoms with E-state index in [-0.39, 0.29) is 0 Å². The van der Waals surface area contributed by atoms with E-state index in [4.69, 9.17) is 0 Å². The van der Waals surface area contributed by atoms with Crippen molar-refractivity contribution in [2.24, 2.45) is 0 Å². The van der Waals surface area contributed by atoms with E-state index in [0.29, 0.717) is 0 Å². The summed E-state index contributed by atoms with van der Waals surface area (Å²) >= 11 is 0. The summed E-state index contributed by atoms with van der Waals surface area (Å²) in [6, 6.07) is 46.4. The SMILES string of the molecule is C(#Cc1cc(-c2ccccc2)cc(-c2ccccc2)c1)c1ccc(-c2ccccc2)cc1. The van der Waals surface area contributed by atoms with E-state index >= 15 is 0 Å². The van der Waals surface area contributed by atoms with Gasteiger partial charge in [0.2, 0.25) is 0 Å². The van der Waals surface area contributed by atoms with Gasteiger partial charge in [0.1, 0.15) is 0 Å². The molecule has 0 aromatic heterocycles. The van der Waals surface area contributed by atoms with E-state index in [9.17, 15) is 0 Å². The zero-order chi connectivity index (χ0) is 21.6. The Morgan fingerprint density at radius 1 is 0.281 bits per heavy atom. The molecule has 0 nitrogen and oxygen atoms in total. The van der Waals surface area contributed by atoms with Crippen LogP contribution in [0, 0.1) is 11.8 Å². The fourth-order valence-electron chi connectivity index (χ4n) is 3.82. The maximum atomic E-state index is 3.39. The molecule has 0 aliphatic heterocycles. The van der Waals surface area contributed by atoms with Crippen molar-refractivity contribution < 1.29 is 0 Å². The zero-order valence-corrected chi connectivity index (χ0v) is 17.7. The molecule has 0 radical (unpaired) electrons. The minimum Gasteiger partial charge on any atom is -0.0622 e. The summed E-state index contributed by atoms with van der Waals surface area (Å²) in [5.41, 5.74) is 9.18. The molecule has 0 heterocycles. The summed E-state index contributed by atoms with van der Waals surface area (Å²) in [5, 5.41) is 0. The number of rotatable bonds is 3. The van der Waals surface area contributed by atoms with Crippen molar-refractivity contribution in [3.63, 3.8) is 0 Å². The molecular weight excluding hydrogens is 384 g/mol. The van der Waals surface area contributed by atoms with Crippen LogP contribution in [0.5, 0.6) is 0 Å². The lowest BCUT2D eigenvalue weighted by molar-refractivity contribution is 1.56. The Hall–Kier alpha value is -4.34. The highest BCUT2D eigenvalue weighted by atomic mass is 14.1. The van der Waals surface area contributed by atoms with Crippen LogP contribution in [0.4, 0.5) is 0 Å². The van der Waals surface area contributed by atoms with E-state index < -0.39 is 0 Å². The van der Waals surface area contributed by atoms with Crippen molar-refractivity contribution >= 4 is 0 Å². The topological polar surface area (TPSA) is 0 Å². The molecule has 32 heavy (non-hydrogen) atoms. The summed E-state index contributed by atoms with van der Waals surface area (Å²) in [5.74, 6) is 6.74. The van der Waals surface area contributed by atoms with Crippen LogP contribution in [0.3, 0.4) is 0 Å². The fourth-order valence-corrected chi connectivity index (χ4v) is 3.82. The van der Waals surface area contributed by atoms with Crippen LogP contribution in [0.25, 0.3) is 33.4 Å². The molecule has 5 aromatic carbocycles. The summed E-state index contributed by atoms with van der Waals surface area (Å²) in [7, 11) is 0. The van der Waals surface area contributed by atoms with Gasteiger partial charge in [0.25, 0.3) is 0 Å². The molecule has 0 fully saturated rings. The molecule has 0 bridgehead atoms. The molecule has 0 aliphatic carbocycles. The molecule has 0 N–H and O–H groups in total. The van der Waals surface area contributed by atoms with E-state index in [0.717, 1.165) is 11.1 Å². The molecule has 0 atom stereocenters. The zero-order valence-electron chi connectivity index (χ0n) is 17.7. The fraction of sp³-hybridized carbons (Fsp3) is 0. The maximum absolute atomic E-state index is 3.39. The van der Waals surface area contributed by atoms with Crippen LogP contribution in [0.1, 0.15) is 11.1 Å². The third-order valence-corrected chi connectivity index (χ3v) is 5.49. The Kier molecular flexibility index (Phi) is 5.64. The molecule has 0 unspecified atom stereocenters. The molecule has 0 saturated heterocycles. The summed E-state index contributed by atoms with van der Waals surface area (Å²) in [6.45, 7) is 0. The molecule has 0 heteroatoms. The van der Waals surface area contributed by atoms with Gasteiger partial charge in [0.15, 0.2) is 0 Å². The highest BCUT2D eigenvalue weighted by molar-refractivity contribution is 5.75. The first-order chi connectivity index (χ1) is 15.8. The Balaban J connectivity index is 1.50. The molecular formula is C32H22. The van der Waals surface area contributed by atoms with Gasteiger partial charge in [-0.15, -0.1) is 0 Å². The Morgan fingerprint density at radius 3 is 1.12 bits per heavy atom. The van der Waals surface area contributed by atoms with Crippen molar-refractivity contribution in [3.05, 3.63) is 145 Å². The molecule has 0 spiro atoms. The Morgan fingerprint density at radius 2 is 0.656 bits per heavy atom. The van der Waals surface area contributed by atoms with Gasteiger partial charge in [-0.2, -0.15) is 0 Å². The van der Waals surface area contributed by atoms with E-state index in [2.05, 4.69) is 127 Å². The van der Waals surface area contributed by atoms with Gasteiger partial charge in [-0.1, -0.05) is 115 Å². The van der Waals surface area contributed by atoms with Gasteiger partial charge >= 0.3 is 0 Å². The smallest absolute Gasteiger partial charge is 0.0261 e. The molecule has 150 valence electrons. The average molecular weight is 407 g/mol. The molecule has 5 aromatic rings. The average Bonchev–Trinajstić information content (AvgIpc) is 2.89. The van der Waals surface area contributed by atoms with Gasteiger partial charge in [0, 0.05) is 11.1 Å². The van der Waals surface area contributed by atoms with Crippen LogP contribution in [0.2, 0.25) is 0 Å². The van der Waals surface area contributed by atoms with Gasteiger partial charge in [0.05, 0.1) is 0 Å². The van der Waals surface area contributed by atoms with Crippen molar-refractivity contribution in [2.45, 2.75) is 0 Å². The van der Waals surface area contributed by atoms with Crippen LogP contribution in [-0.4, -0.2) is 0 Å². The number of hydrogen-bond donors (Lipinski definition) is 0. The van der Waals surface area contributed by atoms with E-state index in [1.165, 1.54) is 33.4 Å². The largest absolute Gasteiger partial charge is 0.0622 e. The van der Waals surface area contributed by atoms with E-state index in [1.54, 1.807) is 0 Å². The summed E-state index contributed by atoms with van der Waals surface area (Å²) < 4.78 is 0. The summed E-state index contributed by atoms with van der Waals surface area (Å²) in [6.07, 6.45) is 0. The lowest BCUT2D eigenvalue weighted by Gasteiger charge is -2.08. The number of hydrogen-bond acceptors (Lipinski definition) is 0. The van der Waals surface area contributed by atoms with Crippen molar-refractivity contribution in [1.82, 2.24) is 0 Å². The Labute approximate surface area is 189 Å². The second kappa shape index (κ2) is 9.21. The van der Waals surface area contributed by atoms with Gasteiger partial charge < -0.3 is 0 Å². The van der Waals surface area contributed by atoms with E-state index in [1.807, 2.05) is 18.2 Å². The second-order valence-electron chi connectivity index (χ2n) is 7.72. The predicted molar refractivity (Wildman–Crippen MR) is 135 cm³/mol. The molecule has 0 saturated carbocycles. The lowest BCUT2D eigenvalue weighted by atomic mass is 9.96. The van der Waals surface area contributed by atoms with Gasteiger partial charge in [-0.25, -0.2) is 0 Å². The highest BCUT2D eigenvalue weighted by Gasteiger charge is 2.04. The molecule has 0 aliphatic rings. The first-order valence-electron chi connectivity index (χ1n) is 10.8. The monoisotopic (exact) mass is 406 g/mol. The standard InChI is InChI=1S/C32H22/c1-4-10-27(11-5-1)30-20-18-25(19-21-30)16-17-26-22-31(28-12-6-2-7-13-28)24-32(23-26)29-14-8-3-9-15-29/h1-15,18-24H. The lowest BCUT2D eigenvalue weighted by Crippen LogP contribution is -1.86. The minimum absolute atomic E-state index is 1.01. The first kappa shape index (κ1) is 19.6. The normalized spacial score (nSPS) is 10.2. The van der Waals surface area contributed by atoms with Crippen LogP contribution >= 0.6 is 0 Å². The third kappa shape index (κ3) is 4.53. The minimum atomic E-state index is 1.01. The van der Waals surface area contributed by atoms with Crippen molar-refractivity contribution in [1.29, 1.82) is 0 Å². The van der Waals surface area contributed by atoms with Gasteiger partial charge in [-0.3, -0.25) is 0 Å². The maximum Gasteiger partial charge on any atom is 0.0261 e. The Bertz CT molecular complexity index is 1310. The highest BCUT2D eigenvalue weighted by Crippen LogP contribution is 2.28. The third-order valence-electron chi connectivity index (χ3n) is 5.49. The molecule has 0 amide bonds. The van der Waals surface area contributed by atoms with Crippen LogP contribution in [0.15, 0.2) is 133 Å². The van der Waals surface area contributed by atoms with Crippen molar-refractivity contribution in [3.8, 4) is 45.2 Å².